The number of β-lactam (4-membered cyclic amide) rings is 1. The molecular weight excluding hydrogens is 404 g/mol. The van der Waals surface area contributed by atoms with Crippen LogP contribution in [0.3, 0.4) is 0 Å². The van der Waals surface area contributed by atoms with Crippen molar-refractivity contribution in [3.8, 4) is 0 Å². The van der Waals surface area contributed by atoms with E-state index in [0.29, 0.717) is 5.56 Å². The number of carboxylic acids is 1. The molecule has 2 aliphatic heterocycles. The van der Waals surface area contributed by atoms with Crippen molar-refractivity contribution in [1.82, 2.24) is 10.2 Å². The third-order valence-electron chi connectivity index (χ3n) is 6.05. The van der Waals surface area contributed by atoms with Gasteiger partial charge in [-0.15, -0.1) is 11.8 Å². The first-order valence-electron chi connectivity index (χ1n) is 10.1. The van der Waals surface area contributed by atoms with Gasteiger partial charge in [-0.2, -0.15) is 0 Å². The highest BCUT2D eigenvalue weighted by Gasteiger charge is 2.70. The van der Waals surface area contributed by atoms with Crippen LogP contribution in [0.5, 0.6) is 0 Å². The Hall–Kier alpha value is -2.26. The number of aliphatic carboxylic acids is 1. The normalized spacial score (nSPS) is 27.8. The van der Waals surface area contributed by atoms with Crippen LogP contribution in [0.25, 0.3) is 0 Å². The molecule has 1 aromatic carbocycles. The van der Waals surface area contributed by atoms with Gasteiger partial charge < -0.3 is 26.0 Å². The molecule has 1 aromatic rings. The number of hydrogen-bond acceptors (Lipinski definition) is 6. The standard InChI is InChI=1S/C21H30N4O4S/c1-6-24(7-2)13-11-9-8-10-12(13)14(22)16(26)23-21(5)18(29)25-15(17(27)28)20(3,4)30-19(21)25/h8-11,14-15,19H,6-7,22H2,1-5H3,(H,23,26)(H,27,28)/t14?,15-,19+,21-/m0/s1. The first-order valence-corrected chi connectivity index (χ1v) is 11.0. The van der Waals surface area contributed by atoms with Crippen LogP contribution in [0.4, 0.5) is 5.69 Å². The summed E-state index contributed by atoms with van der Waals surface area (Å²) in [5.74, 6) is -1.89. The minimum atomic E-state index is -1.19. The lowest BCUT2D eigenvalue weighted by Gasteiger charge is -2.51. The van der Waals surface area contributed by atoms with E-state index in [2.05, 4.69) is 10.2 Å². The molecule has 2 heterocycles. The smallest absolute Gasteiger partial charge is 0.327 e. The van der Waals surface area contributed by atoms with Crippen LogP contribution in [0.2, 0.25) is 0 Å². The lowest BCUT2D eigenvalue weighted by Crippen LogP contribution is -2.78. The zero-order valence-electron chi connectivity index (χ0n) is 18.0. The molecule has 1 unspecified atom stereocenters. The Morgan fingerprint density at radius 2 is 1.87 bits per heavy atom. The molecule has 0 aromatic heterocycles. The summed E-state index contributed by atoms with van der Waals surface area (Å²) in [5.41, 5.74) is 6.71. The molecule has 2 amide bonds. The number of nitrogens with two attached hydrogens (primary N) is 1. The van der Waals surface area contributed by atoms with Crippen LogP contribution in [-0.2, 0) is 14.4 Å². The van der Waals surface area contributed by atoms with E-state index in [-0.39, 0.29) is 0 Å². The Balaban J connectivity index is 1.82. The number of benzene rings is 1. The number of carboxylic acid groups (broad SMARTS) is 1. The minimum Gasteiger partial charge on any atom is -0.480 e. The van der Waals surface area contributed by atoms with Gasteiger partial charge in [-0.25, -0.2) is 4.79 Å². The molecule has 8 nitrogen and oxygen atoms in total. The van der Waals surface area contributed by atoms with Crippen LogP contribution in [0.15, 0.2) is 24.3 Å². The average molecular weight is 435 g/mol. The van der Waals surface area contributed by atoms with Gasteiger partial charge in [0.15, 0.2) is 0 Å². The van der Waals surface area contributed by atoms with Crippen LogP contribution >= 0.6 is 11.8 Å². The zero-order valence-corrected chi connectivity index (χ0v) is 18.8. The number of carbonyl (C=O) groups is 3. The van der Waals surface area contributed by atoms with E-state index in [9.17, 15) is 19.5 Å². The molecule has 0 bridgehead atoms. The molecule has 4 atom stereocenters. The third-order valence-corrected chi connectivity index (χ3v) is 7.81. The number of rotatable bonds is 7. The molecule has 4 N–H and O–H groups in total. The van der Waals surface area contributed by atoms with E-state index in [4.69, 9.17) is 5.73 Å². The zero-order chi connectivity index (χ0) is 22.4. The third kappa shape index (κ3) is 3.33. The number of carbonyl (C=O) groups excluding carboxylic acids is 2. The molecule has 2 aliphatic rings. The van der Waals surface area contributed by atoms with Gasteiger partial charge in [0.2, 0.25) is 5.91 Å². The summed E-state index contributed by atoms with van der Waals surface area (Å²) in [6.07, 6.45) is 0. The molecule has 164 valence electrons. The molecule has 3 rings (SSSR count). The maximum Gasteiger partial charge on any atom is 0.327 e. The van der Waals surface area contributed by atoms with Crippen molar-refractivity contribution >= 4 is 35.2 Å². The Kier molecular flexibility index (Phi) is 5.81. The summed E-state index contributed by atoms with van der Waals surface area (Å²) in [5, 5.41) is 12.0. The van der Waals surface area contributed by atoms with Gasteiger partial charge in [0.05, 0.1) is 0 Å². The maximum atomic E-state index is 13.1. The van der Waals surface area contributed by atoms with E-state index in [1.165, 1.54) is 16.7 Å². The second-order valence-electron chi connectivity index (χ2n) is 8.43. The van der Waals surface area contributed by atoms with E-state index in [1.54, 1.807) is 20.8 Å². The van der Waals surface area contributed by atoms with Gasteiger partial charge in [-0.3, -0.25) is 9.59 Å². The number of nitrogens with zero attached hydrogens (tertiary/aromatic N) is 2. The van der Waals surface area contributed by atoms with Gasteiger partial charge >= 0.3 is 5.97 Å². The number of anilines is 1. The fraction of sp³-hybridized carbons (Fsp3) is 0.571. The van der Waals surface area contributed by atoms with Crippen molar-refractivity contribution in [2.45, 2.75) is 62.4 Å². The van der Waals surface area contributed by atoms with Gasteiger partial charge in [0.25, 0.3) is 5.91 Å². The summed E-state index contributed by atoms with van der Waals surface area (Å²) >= 11 is 1.39. The van der Waals surface area contributed by atoms with Crippen LogP contribution in [0.1, 0.15) is 46.2 Å². The summed E-state index contributed by atoms with van der Waals surface area (Å²) in [6, 6.07) is 5.61. The number of fused-ring (bicyclic) bond motifs is 1. The van der Waals surface area contributed by atoms with E-state index in [0.717, 1.165) is 18.8 Å². The summed E-state index contributed by atoms with van der Waals surface area (Å²) in [4.78, 5) is 41.2. The SMILES string of the molecule is CCN(CC)c1ccccc1C(N)C(=O)N[C@@]1(C)C(=O)N2[C@@H](C(=O)O)C(C)(C)S[C@@H]21. The topological polar surface area (TPSA) is 116 Å². The second kappa shape index (κ2) is 7.77. The molecule has 9 heteroatoms. The quantitative estimate of drug-likeness (QED) is 0.558. The van der Waals surface area contributed by atoms with Gasteiger partial charge in [-0.05, 0) is 40.7 Å². The first kappa shape index (κ1) is 22.4. The monoisotopic (exact) mass is 434 g/mol. The largest absolute Gasteiger partial charge is 0.480 e. The van der Waals surface area contributed by atoms with Crippen molar-refractivity contribution in [2.75, 3.05) is 18.0 Å². The van der Waals surface area contributed by atoms with Crippen molar-refractivity contribution in [2.24, 2.45) is 5.73 Å². The molecule has 0 radical (unpaired) electrons. The number of hydrogen-bond donors (Lipinski definition) is 3. The van der Waals surface area contributed by atoms with Crippen LogP contribution in [0, 0.1) is 0 Å². The van der Waals surface area contributed by atoms with Gasteiger partial charge in [0.1, 0.15) is 23.0 Å². The lowest BCUT2D eigenvalue weighted by molar-refractivity contribution is -0.168. The summed E-state index contributed by atoms with van der Waals surface area (Å²) in [7, 11) is 0. The lowest BCUT2D eigenvalue weighted by atomic mass is 9.85. The molecule has 0 spiro atoms. The number of para-hydroxylation sites is 1. The molecular formula is C21H30N4O4S. The molecule has 2 saturated heterocycles. The van der Waals surface area contributed by atoms with Gasteiger partial charge in [0, 0.05) is 29.1 Å². The van der Waals surface area contributed by atoms with Crippen molar-refractivity contribution in [1.29, 1.82) is 0 Å². The summed E-state index contributed by atoms with van der Waals surface area (Å²) in [6.45, 7) is 10.9. The number of thioether (sulfide) groups is 1. The molecule has 0 aliphatic carbocycles. The number of amides is 2. The molecule has 0 saturated carbocycles. The fourth-order valence-electron chi connectivity index (χ4n) is 4.42. The van der Waals surface area contributed by atoms with Crippen LogP contribution < -0.4 is 16.0 Å². The fourth-order valence-corrected chi connectivity index (χ4v) is 6.06. The van der Waals surface area contributed by atoms with E-state index < -0.39 is 45.5 Å². The van der Waals surface area contributed by atoms with E-state index >= 15 is 0 Å². The molecule has 30 heavy (non-hydrogen) atoms. The van der Waals surface area contributed by atoms with Crippen LogP contribution in [-0.4, -0.2) is 62.6 Å². The Morgan fingerprint density at radius 1 is 1.27 bits per heavy atom. The minimum absolute atomic E-state index is 0.393. The first-order chi connectivity index (χ1) is 14.0. The molecule has 2 fully saturated rings. The second-order valence-corrected chi connectivity index (χ2v) is 10.2. The Morgan fingerprint density at radius 3 is 2.43 bits per heavy atom. The highest BCUT2D eigenvalue weighted by Crippen LogP contribution is 2.54. The Bertz CT molecular complexity index is 872. The highest BCUT2D eigenvalue weighted by atomic mass is 32.2. The van der Waals surface area contributed by atoms with Crippen molar-refractivity contribution in [3.05, 3.63) is 29.8 Å². The van der Waals surface area contributed by atoms with Gasteiger partial charge in [-0.1, -0.05) is 18.2 Å². The summed E-state index contributed by atoms with van der Waals surface area (Å²) < 4.78 is -0.661. The highest BCUT2D eigenvalue weighted by molar-refractivity contribution is 8.01. The predicted molar refractivity (Wildman–Crippen MR) is 117 cm³/mol. The predicted octanol–water partition coefficient (Wildman–Crippen LogP) is 1.55. The van der Waals surface area contributed by atoms with E-state index in [1.807, 2.05) is 38.1 Å². The van der Waals surface area contributed by atoms with Crippen molar-refractivity contribution in [3.63, 3.8) is 0 Å². The van der Waals surface area contributed by atoms with Crippen molar-refractivity contribution < 1.29 is 19.5 Å². The number of nitrogens with one attached hydrogen (secondary N) is 1. The Labute approximate surface area is 181 Å². The average Bonchev–Trinajstić information content (AvgIpc) is 2.98. The maximum absolute atomic E-state index is 13.1.